The van der Waals surface area contributed by atoms with Gasteiger partial charge in [-0.25, -0.2) is 4.39 Å². The van der Waals surface area contributed by atoms with Crippen LogP contribution < -0.4 is 5.32 Å². The van der Waals surface area contributed by atoms with Gasteiger partial charge >= 0.3 is 6.18 Å². The molecule has 2 amide bonds. The van der Waals surface area contributed by atoms with Gasteiger partial charge in [-0.15, -0.1) is 0 Å². The Morgan fingerprint density at radius 1 is 1.17 bits per heavy atom. The molecule has 3 aromatic rings. The van der Waals surface area contributed by atoms with Gasteiger partial charge in [0.05, 0.1) is 17.5 Å². The summed E-state index contributed by atoms with van der Waals surface area (Å²) < 4.78 is 54.4. The quantitative estimate of drug-likeness (QED) is 0.537. The SMILES string of the molecule is Cc1ccc([C@@H]2[C@@H](C(=O)Nc3ccc(F)c(C#N)c3)c3ccccc3C(=O)N2CC(F)(F)F)cn1. The molecule has 178 valence electrons. The molecule has 1 N–H and O–H groups in total. The van der Waals surface area contributed by atoms with E-state index in [-0.39, 0.29) is 27.9 Å². The van der Waals surface area contributed by atoms with Crippen molar-refractivity contribution in [3.8, 4) is 6.07 Å². The smallest absolute Gasteiger partial charge is 0.325 e. The standard InChI is InChI=1S/C25H18F4N4O2/c1-14-6-7-15(12-31-14)22-21(23(34)32-17-8-9-20(26)16(10-17)11-30)18-4-2-3-5-19(18)24(35)33(22)13-25(27,28)29/h2-10,12,21-22H,13H2,1H3,(H,32,34)/t21-,22+/m0/s1. The van der Waals surface area contributed by atoms with E-state index in [0.717, 1.165) is 12.1 Å². The normalized spacial score (nSPS) is 17.5. The Morgan fingerprint density at radius 3 is 2.57 bits per heavy atom. The van der Waals surface area contributed by atoms with Gasteiger partial charge in [0.15, 0.2) is 0 Å². The molecule has 10 heteroatoms. The van der Waals surface area contributed by atoms with Crippen LogP contribution in [-0.4, -0.2) is 34.4 Å². The van der Waals surface area contributed by atoms with Crippen LogP contribution in [0.25, 0.3) is 0 Å². The number of nitrogens with zero attached hydrogens (tertiary/aromatic N) is 3. The fourth-order valence-electron chi connectivity index (χ4n) is 4.18. The molecular weight excluding hydrogens is 464 g/mol. The Labute approximate surface area is 197 Å². The molecule has 2 heterocycles. The molecule has 0 saturated carbocycles. The van der Waals surface area contributed by atoms with Gasteiger partial charge in [-0.3, -0.25) is 14.6 Å². The van der Waals surface area contributed by atoms with Crippen LogP contribution >= 0.6 is 0 Å². The molecule has 0 radical (unpaired) electrons. The van der Waals surface area contributed by atoms with E-state index in [2.05, 4.69) is 10.3 Å². The van der Waals surface area contributed by atoms with Gasteiger partial charge in [0.2, 0.25) is 5.91 Å². The zero-order valence-corrected chi connectivity index (χ0v) is 18.3. The molecule has 0 unspecified atom stereocenters. The molecule has 6 nitrogen and oxygen atoms in total. The second-order valence-corrected chi connectivity index (χ2v) is 8.09. The van der Waals surface area contributed by atoms with E-state index < -0.39 is 42.3 Å². The lowest BCUT2D eigenvalue weighted by Gasteiger charge is -2.41. The number of carbonyl (C=O) groups excluding carboxylic acids is 2. The Balaban J connectivity index is 1.85. The highest BCUT2D eigenvalue weighted by atomic mass is 19.4. The average molecular weight is 482 g/mol. The number of nitriles is 1. The lowest BCUT2D eigenvalue weighted by atomic mass is 9.79. The Bertz CT molecular complexity index is 1330. The van der Waals surface area contributed by atoms with Crippen LogP contribution in [0.5, 0.6) is 0 Å². The van der Waals surface area contributed by atoms with Crippen molar-refractivity contribution in [3.63, 3.8) is 0 Å². The minimum absolute atomic E-state index is 0.0231. The van der Waals surface area contributed by atoms with Crippen molar-refractivity contribution in [1.82, 2.24) is 9.88 Å². The Kier molecular flexibility index (Phi) is 6.26. The fraction of sp³-hybridized carbons (Fsp3) is 0.200. The van der Waals surface area contributed by atoms with Crippen LogP contribution in [0.3, 0.4) is 0 Å². The third-order valence-electron chi connectivity index (χ3n) is 5.70. The zero-order valence-electron chi connectivity index (χ0n) is 18.3. The number of aromatic nitrogens is 1. The van der Waals surface area contributed by atoms with E-state index in [9.17, 15) is 27.2 Å². The summed E-state index contributed by atoms with van der Waals surface area (Å²) in [7, 11) is 0. The maximum atomic E-state index is 13.7. The van der Waals surface area contributed by atoms with Gasteiger partial charge in [0.1, 0.15) is 18.4 Å². The Hall–Kier alpha value is -4.26. The van der Waals surface area contributed by atoms with Gasteiger partial charge in [-0.2, -0.15) is 18.4 Å². The first-order valence-corrected chi connectivity index (χ1v) is 10.5. The van der Waals surface area contributed by atoms with E-state index in [1.165, 1.54) is 36.5 Å². The van der Waals surface area contributed by atoms with E-state index in [0.29, 0.717) is 10.6 Å². The zero-order chi connectivity index (χ0) is 25.3. The minimum atomic E-state index is -4.72. The molecule has 35 heavy (non-hydrogen) atoms. The number of carbonyl (C=O) groups is 2. The first kappa shape index (κ1) is 23.9. The van der Waals surface area contributed by atoms with Crippen molar-refractivity contribution in [3.05, 3.63) is 94.6 Å². The number of hydrogen-bond donors (Lipinski definition) is 1. The molecule has 2 atom stereocenters. The van der Waals surface area contributed by atoms with Crippen molar-refractivity contribution in [2.75, 3.05) is 11.9 Å². The van der Waals surface area contributed by atoms with Gasteiger partial charge in [-0.05, 0) is 48.4 Å². The molecule has 0 saturated heterocycles. The van der Waals surface area contributed by atoms with Crippen LogP contribution in [0, 0.1) is 24.1 Å². The van der Waals surface area contributed by atoms with Crippen molar-refractivity contribution in [2.45, 2.75) is 25.1 Å². The summed E-state index contributed by atoms with van der Waals surface area (Å²) in [5.41, 5.74) is 0.867. The topological polar surface area (TPSA) is 86.1 Å². The number of pyridine rings is 1. The molecule has 1 aliphatic rings. The second-order valence-electron chi connectivity index (χ2n) is 8.09. The van der Waals surface area contributed by atoms with Gasteiger partial charge in [0.25, 0.3) is 5.91 Å². The molecule has 1 aromatic heterocycles. The van der Waals surface area contributed by atoms with Crippen LogP contribution in [0.2, 0.25) is 0 Å². The van der Waals surface area contributed by atoms with Gasteiger partial charge < -0.3 is 10.2 Å². The van der Waals surface area contributed by atoms with Crippen LogP contribution in [-0.2, 0) is 4.79 Å². The number of fused-ring (bicyclic) bond motifs is 1. The van der Waals surface area contributed by atoms with Crippen molar-refractivity contribution in [2.24, 2.45) is 0 Å². The molecule has 1 aliphatic heterocycles. The number of hydrogen-bond acceptors (Lipinski definition) is 4. The van der Waals surface area contributed by atoms with Crippen molar-refractivity contribution < 1.29 is 27.2 Å². The molecule has 0 aliphatic carbocycles. The highest BCUT2D eigenvalue weighted by molar-refractivity contribution is 6.04. The summed E-state index contributed by atoms with van der Waals surface area (Å²) in [5, 5.41) is 11.6. The van der Waals surface area contributed by atoms with Gasteiger partial charge in [0, 0.05) is 23.1 Å². The summed E-state index contributed by atoms with van der Waals surface area (Å²) in [5.74, 6) is -3.61. The molecule has 4 rings (SSSR count). The predicted octanol–water partition coefficient (Wildman–Crippen LogP) is 4.88. The molecule has 0 bridgehead atoms. The van der Waals surface area contributed by atoms with Crippen LogP contribution in [0.15, 0.2) is 60.8 Å². The lowest BCUT2D eigenvalue weighted by Crippen LogP contribution is -2.49. The number of alkyl halides is 3. The second kappa shape index (κ2) is 9.18. The van der Waals surface area contributed by atoms with Crippen LogP contribution in [0.1, 0.15) is 44.7 Å². The predicted molar refractivity (Wildman–Crippen MR) is 118 cm³/mol. The summed E-state index contributed by atoms with van der Waals surface area (Å²) in [6.45, 7) is 0.127. The van der Waals surface area contributed by atoms with Crippen molar-refractivity contribution in [1.29, 1.82) is 5.26 Å². The number of halogens is 4. The number of anilines is 1. The summed E-state index contributed by atoms with van der Waals surface area (Å²) >= 11 is 0. The molecule has 0 spiro atoms. The highest BCUT2D eigenvalue weighted by Gasteiger charge is 2.47. The van der Waals surface area contributed by atoms with E-state index in [1.54, 1.807) is 25.1 Å². The number of amides is 2. The number of rotatable bonds is 4. The number of nitrogens with one attached hydrogen (secondary N) is 1. The highest BCUT2D eigenvalue weighted by Crippen LogP contribution is 2.44. The third kappa shape index (κ3) is 4.84. The summed E-state index contributed by atoms with van der Waals surface area (Å²) in [6.07, 6.45) is -3.38. The summed E-state index contributed by atoms with van der Waals surface area (Å²) in [6, 6.07) is 12.8. The van der Waals surface area contributed by atoms with E-state index in [4.69, 9.17) is 5.26 Å². The van der Waals surface area contributed by atoms with Gasteiger partial charge in [-0.1, -0.05) is 24.3 Å². The minimum Gasteiger partial charge on any atom is -0.325 e. The van der Waals surface area contributed by atoms with Crippen LogP contribution in [0.4, 0.5) is 23.2 Å². The largest absolute Gasteiger partial charge is 0.406 e. The third-order valence-corrected chi connectivity index (χ3v) is 5.70. The first-order chi connectivity index (χ1) is 16.6. The van der Waals surface area contributed by atoms with Crippen molar-refractivity contribution >= 4 is 17.5 Å². The Morgan fingerprint density at radius 2 is 1.91 bits per heavy atom. The first-order valence-electron chi connectivity index (χ1n) is 10.5. The number of aryl methyl sites for hydroxylation is 1. The number of benzene rings is 2. The molecule has 0 fully saturated rings. The van der Waals surface area contributed by atoms with E-state index in [1.807, 2.05) is 0 Å². The maximum Gasteiger partial charge on any atom is 0.406 e. The van der Waals surface area contributed by atoms with E-state index >= 15 is 0 Å². The maximum absolute atomic E-state index is 13.7. The molecule has 2 aromatic carbocycles. The molecular formula is C25H18F4N4O2. The average Bonchev–Trinajstić information content (AvgIpc) is 2.81. The lowest BCUT2D eigenvalue weighted by molar-refractivity contribution is -0.148. The fourth-order valence-corrected chi connectivity index (χ4v) is 4.18. The monoisotopic (exact) mass is 482 g/mol. The summed E-state index contributed by atoms with van der Waals surface area (Å²) in [4.78, 5) is 31.5.